The van der Waals surface area contributed by atoms with Crippen molar-refractivity contribution >= 4 is 23.4 Å². The maximum Gasteiger partial charge on any atom is 0.573 e. The van der Waals surface area contributed by atoms with E-state index < -0.39 is 41.8 Å². The SMILES string of the molecule is CN(Cc1ccc(OC(F)(F)F)cc1)C(=O)c1oc2nc(Oc3ccc(OC(F)(F)F)c(Cl)c3)nn2c1CO. The molecule has 0 aliphatic rings. The number of hydrogen-bond acceptors (Lipinski definition) is 8. The molecule has 1 N–H and O–H groups in total. The van der Waals surface area contributed by atoms with Crippen molar-refractivity contribution in [2.45, 2.75) is 25.9 Å². The third-order valence-electron chi connectivity index (χ3n) is 4.87. The molecule has 17 heteroatoms. The molecule has 2 aromatic carbocycles. The summed E-state index contributed by atoms with van der Waals surface area (Å²) < 4.78 is 93.6. The van der Waals surface area contributed by atoms with Crippen LogP contribution in [-0.2, 0) is 13.2 Å². The zero-order valence-corrected chi connectivity index (χ0v) is 20.1. The van der Waals surface area contributed by atoms with Gasteiger partial charge in [0.1, 0.15) is 22.9 Å². The number of aliphatic hydroxyl groups is 1. The lowest BCUT2D eigenvalue weighted by Crippen LogP contribution is -2.27. The molecular weight excluding hydrogens is 566 g/mol. The predicted molar refractivity (Wildman–Crippen MR) is 118 cm³/mol. The summed E-state index contributed by atoms with van der Waals surface area (Å²) in [5.41, 5.74) is 0.381. The fourth-order valence-electron chi connectivity index (χ4n) is 3.29. The van der Waals surface area contributed by atoms with Crippen LogP contribution >= 0.6 is 11.6 Å². The number of nitrogens with zero attached hydrogens (tertiary/aromatic N) is 4. The minimum Gasteiger partial charge on any atom is -0.423 e. The van der Waals surface area contributed by atoms with Gasteiger partial charge in [-0.15, -0.1) is 36.4 Å². The largest absolute Gasteiger partial charge is 0.573 e. The van der Waals surface area contributed by atoms with E-state index in [-0.39, 0.29) is 35.6 Å². The summed E-state index contributed by atoms with van der Waals surface area (Å²) in [6, 6.07) is 7.61. The summed E-state index contributed by atoms with van der Waals surface area (Å²) >= 11 is 5.79. The first kappa shape index (κ1) is 27.8. The lowest BCUT2D eigenvalue weighted by Gasteiger charge is -2.16. The van der Waals surface area contributed by atoms with Crippen LogP contribution in [0.5, 0.6) is 23.3 Å². The summed E-state index contributed by atoms with van der Waals surface area (Å²) in [5.74, 6) is -2.37. The maximum atomic E-state index is 12.9. The van der Waals surface area contributed by atoms with Gasteiger partial charge in [0.05, 0.1) is 11.6 Å². The summed E-state index contributed by atoms with van der Waals surface area (Å²) in [7, 11) is 1.40. The van der Waals surface area contributed by atoms with Crippen LogP contribution in [0.2, 0.25) is 5.02 Å². The quantitative estimate of drug-likeness (QED) is 0.279. The van der Waals surface area contributed by atoms with E-state index in [1.54, 1.807) is 0 Å². The molecule has 0 radical (unpaired) electrons. The van der Waals surface area contributed by atoms with Gasteiger partial charge in [-0.25, -0.2) is 0 Å². The number of hydrogen-bond donors (Lipinski definition) is 1. The molecule has 0 fully saturated rings. The van der Waals surface area contributed by atoms with E-state index in [0.717, 1.165) is 34.8 Å². The Morgan fingerprint density at radius 1 is 1.05 bits per heavy atom. The van der Waals surface area contributed by atoms with Crippen LogP contribution in [0, 0.1) is 0 Å². The Morgan fingerprint density at radius 3 is 2.28 bits per heavy atom. The van der Waals surface area contributed by atoms with Crippen molar-refractivity contribution in [1.82, 2.24) is 19.5 Å². The van der Waals surface area contributed by atoms with Gasteiger partial charge in [-0.1, -0.05) is 23.7 Å². The normalized spacial score (nSPS) is 12.0. The molecule has 10 nitrogen and oxygen atoms in total. The number of ether oxygens (including phenoxy) is 3. The van der Waals surface area contributed by atoms with Crippen molar-refractivity contribution in [2.24, 2.45) is 0 Å². The van der Waals surface area contributed by atoms with Crippen molar-refractivity contribution < 1.29 is 54.9 Å². The summed E-state index contributed by atoms with van der Waals surface area (Å²) in [4.78, 5) is 18.1. The molecule has 39 heavy (non-hydrogen) atoms. The third kappa shape index (κ3) is 6.83. The second-order valence-corrected chi connectivity index (χ2v) is 8.13. The lowest BCUT2D eigenvalue weighted by atomic mass is 10.2. The number of carbonyl (C=O) groups is 1. The van der Waals surface area contributed by atoms with E-state index in [4.69, 9.17) is 20.8 Å². The number of aliphatic hydroxyl groups excluding tert-OH is 1. The van der Waals surface area contributed by atoms with Crippen LogP contribution in [0.3, 0.4) is 0 Å². The summed E-state index contributed by atoms with van der Waals surface area (Å²) in [6.45, 7) is -0.737. The fraction of sp³-hybridized carbons (Fsp3) is 0.227. The van der Waals surface area contributed by atoms with Crippen molar-refractivity contribution in [2.75, 3.05) is 7.05 Å². The monoisotopic (exact) mass is 580 g/mol. The predicted octanol–water partition coefficient (Wildman–Crippen LogP) is 5.33. The van der Waals surface area contributed by atoms with Gasteiger partial charge in [0.25, 0.3) is 5.91 Å². The van der Waals surface area contributed by atoms with E-state index in [1.165, 1.54) is 24.1 Å². The highest BCUT2D eigenvalue weighted by Gasteiger charge is 2.33. The Hall–Kier alpha value is -4.18. The topological polar surface area (TPSA) is 112 Å². The van der Waals surface area contributed by atoms with Gasteiger partial charge in [0, 0.05) is 19.7 Å². The van der Waals surface area contributed by atoms with Gasteiger partial charge in [0.15, 0.2) is 0 Å². The standard InChI is InChI=1S/C22H15ClF6N4O6/c1-32(9-11-2-4-12(5-3-11)38-21(24,25)26)18(35)17-15(10-34)33-20(37-17)30-19(31-33)36-13-6-7-16(14(23)8-13)39-22(27,28)29/h2-8,34H,9-10H2,1H3. The van der Waals surface area contributed by atoms with Crippen molar-refractivity contribution in [3.05, 3.63) is 64.5 Å². The molecule has 0 atom stereocenters. The smallest absolute Gasteiger partial charge is 0.423 e. The molecule has 0 bridgehead atoms. The van der Waals surface area contributed by atoms with E-state index in [9.17, 15) is 36.2 Å². The average Bonchev–Trinajstić information content (AvgIpc) is 3.36. The van der Waals surface area contributed by atoms with Gasteiger partial charge in [0.2, 0.25) is 5.76 Å². The number of carbonyl (C=O) groups excluding carboxylic acids is 1. The fourth-order valence-corrected chi connectivity index (χ4v) is 3.50. The Morgan fingerprint density at radius 2 is 1.69 bits per heavy atom. The lowest BCUT2D eigenvalue weighted by molar-refractivity contribution is -0.275. The van der Waals surface area contributed by atoms with Crippen molar-refractivity contribution in [3.8, 4) is 23.3 Å². The highest BCUT2D eigenvalue weighted by Crippen LogP contribution is 2.34. The zero-order chi connectivity index (χ0) is 28.5. The number of halogens is 7. The molecule has 0 aliphatic carbocycles. The molecule has 4 aromatic rings. The van der Waals surface area contributed by atoms with E-state index in [0.29, 0.717) is 5.56 Å². The molecule has 2 aromatic heterocycles. The molecule has 2 heterocycles. The number of oxazole rings is 1. The molecule has 0 saturated carbocycles. The molecule has 1 amide bonds. The molecular formula is C22H15ClF6N4O6. The van der Waals surface area contributed by atoms with Crippen molar-refractivity contribution in [1.29, 1.82) is 0 Å². The summed E-state index contributed by atoms with van der Waals surface area (Å²) in [5, 5.41) is 13.4. The zero-order valence-electron chi connectivity index (χ0n) is 19.4. The maximum absolute atomic E-state index is 12.9. The number of fused-ring (bicyclic) bond motifs is 1. The van der Waals surface area contributed by atoms with Crippen molar-refractivity contribution in [3.63, 3.8) is 0 Å². The minimum atomic E-state index is -4.94. The second kappa shape index (κ2) is 10.5. The first-order valence-electron chi connectivity index (χ1n) is 10.5. The van der Waals surface area contributed by atoms with E-state index in [1.807, 2.05) is 0 Å². The Labute approximate surface area is 218 Å². The number of aromatic nitrogens is 3. The first-order valence-corrected chi connectivity index (χ1v) is 10.9. The summed E-state index contributed by atoms with van der Waals surface area (Å²) in [6.07, 6.45) is -9.78. The Kier molecular flexibility index (Phi) is 7.52. The van der Waals surface area contributed by atoms with Crippen LogP contribution in [-0.4, -0.2) is 50.3 Å². The van der Waals surface area contributed by atoms with Gasteiger partial charge in [-0.2, -0.15) is 4.52 Å². The molecule has 0 saturated heterocycles. The molecule has 208 valence electrons. The Balaban J connectivity index is 1.47. The van der Waals surface area contributed by atoms with Gasteiger partial charge >= 0.3 is 24.6 Å². The van der Waals surface area contributed by atoms with Gasteiger partial charge in [-0.05, 0) is 29.8 Å². The molecule has 0 spiro atoms. The third-order valence-corrected chi connectivity index (χ3v) is 5.17. The molecule has 4 rings (SSSR count). The Bertz CT molecular complexity index is 1490. The van der Waals surface area contributed by atoms with E-state index >= 15 is 0 Å². The van der Waals surface area contributed by atoms with Gasteiger partial charge in [-0.3, -0.25) is 4.79 Å². The highest BCUT2D eigenvalue weighted by atomic mass is 35.5. The number of alkyl halides is 6. The average molecular weight is 581 g/mol. The first-order chi connectivity index (χ1) is 18.2. The van der Waals surface area contributed by atoms with Crippen LogP contribution in [0.25, 0.3) is 5.84 Å². The minimum absolute atomic E-state index is 0.0321. The molecule has 0 unspecified atom stereocenters. The van der Waals surface area contributed by atoms with Gasteiger partial charge < -0.3 is 28.6 Å². The number of rotatable bonds is 8. The van der Waals surface area contributed by atoms with E-state index in [2.05, 4.69) is 19.6 Å². The number of benzene rings is 2. The van der Waals surface area contributed by atoms with Crippen LogP contribution in [0.4, 0.5) is 26.3 Å². The second-order valence-electron chi connectivity index (χ2n) is 7.72. The van der Waals surface area contributed by atoms with Crippen LogP contribution < -0.4 is 14.2 Å². The number of amides is 1. The van der Waals surface area contributed by atoms with Crippen LogP contribution in [0.15, 0.2) is 46.9 Å². The van der Waals surface area contributed by atoms with Crippen LogP contribution in [0.1, 0.15) is 21.8 Å². The highest BCUT2D eigenvalue weighted by molar-refractivity contribution is 6.32. The molecule has 0 aliphatic heterocycles.